The first-order valence-corrected chi connectivity index (χ1v) is 12.4. The molecule has 3 aromatic rings. The lowest BCUT2D eigenvalue weighted by Crippen LogP contribution is -2.32. The molecule has 0 saturated carbocycles. The topological polar surface area (TPSA) is 154 Å². The second-order valence-corrected chi connectivity index (χ2v) is 9.31. The molecule has 8 N–H and O–H groups in total. The summed E-state index contributed by atoms with van der Waals surface area (Å²) in [6.45, 7) is 7.44. The van der Waals surface area contributed by atoms with Gasteiger partial charge in [-0.05, 0) is 76.1 Å². The number of hydrogen-bond acceptors (Lipinski definition) is 6. The molecule has 1 fully saturated rings. The number of fused-ring (bicyclic) bond motifs is 1. The maximum Gasteiger partial charge on any atom is 0.354 e. The minimum absolute atomic E-state index is 0.00377. The number of benzene rings is 1. The van der Waals surface area contributed by atoms with E-state index in [1.165, 1.54) is 0 Å². The summed E-state index contributed by atoms with van der Waals surface area (Å²) in [7, 11) is 0. The van der Waals surface area contributed by atoms with E-state index in [4.69, 9.17) is 16.9 Å². The van der Waals surface area contributed by atoms with E-state index in [1.807, 2.05) is 30.5 Å². The fourth-order valence-corrected chi connectivity index (χ4v) is 4.70. The van der Waals surface area contributed by atoms with Crippen molar-refractivity contribution in [2.24, 2.45) is 11.5 Å². The highest BCUT2D eigenvalue weighted by Gasteiger charge is 2.25. The summed E-state index contributed by atoms with van der Waals surface area (Å²) in [6, 6.07) is 10.3. The molecule has 0 spiro atoms. The van der Waals surface area contributed by atoms with Crippen molar-refractivity contribution in [1.29, 1.82) is 5.41 Å². The second kappa shape index (κ2) is 11.5. The minimum Gasteiger partial charge on any atom is -0.370 e. The van der Waals surface area contributed by atoms with Crippen molar-refractivity contribution < 1.29 is 0 Å². The van der Waals surface area contributed by atoms with Crippen LogP contribution in [-0.2, 0) is 0 Å². The largest absolute Gasteiger partial charge is 0.370 e. The molecule has 0 amide bonds. The van der Waals surface area contributed by atoms with Gasteiger partial charge in [-0.1, -0.05) is 12.1 Å². The van der Waals surface area contributed by atoms with Crippen molar-refractivity contribution >= 4 is 17.0 Å². The fourth-order valence-electron chi connectivity index (χ4n) is 4.70. The number of hydrogen-bond donors (Lipinski definition) is 6. The van der Waals surface area contributed by atoms with E-state index in [9.17, 15) is 4.79 Å². The predicted octanol–water partition coefficient (Wildman–Crippen LogP) is 1.38. The number of nitrogens with two attached hydrogens (primary N) is 2. The van der Waals surface area contributed by atoms with Gasteiger partial charge < -0.3 is 32.0 Å². The zero-order valence-corrected chi connectivity index (χ0v) is 20.4. The Morgan fingerprint density at radius 1 is 1.29 bits per heavy atom. The summed E-state index contributed by atoms with van der Waals surface area (Å²) in [5.74, 6) is 0.424. The van der Waals surface area contributed by atoms with Crippen LogP contribution in [0.5, 0.6) is 0 Å². The first-order valence-electron chi connectivity index (χ1n) is 12.4. The van der Waals surface area contributed by atoms with Crippen LogP contribution in [0.4, 0.5) is 0 Å². The van der Waals surface area contributed by atoms with Crippen LogP contribution in [0.3, 0.4) is 0 Å². The number of aromatic nitrogens is 3. The predicted molar refractivity (Wildman–Crippen MR) is 140 cm³/mol. The Bertz CT molecular complexity index is 1180. The fraction of sp³-hybridized carbons (Fsp3) is 0.480. The molecule has 1 saturated heterocycles. The number of nitrogens with zero attached hydrogens (tertiary/aromatic N) is 3. The Labute approximate surface area is 205 Å². The molecule has 3 heterocycles. The molecule has 188 valence electrons. The van der Waals surface area contributed by atoms with Gasteiger partial charge in [0.25, 0.3) is 0 Å². The van der Waals surface area contributed by atoms with E-state index in [0.29, 0.717) is 18.1 Å². The van der Waals surface area contributed by atoms with Gasteiger partial charge in [-0.15, -0.1) is 0 Å². The van der Waals surface area contributed by atoms with Gasteiger partial charge in [0, 0.05) is 42.3 Å². The Hall–Kier alpha value is -3.21. The Morgan fingerprint density at radius 3 is 2.83 bits per heavy atom. The number of aromatic amines is 1. The SMILES string of the molecule is C[C@H](NCCCNC(=N)N)c1ccc(-n2cc3cc([C@@H]4CCN(CCCN)C4)[nH]c3nc2=O)cc1. The molecule has 4 rings (SSSR count). The lowest BCUT2D eigenvalue weighted by molar-refractivity contribution is 0.331. The van der Waals surface area contributed by atoms with E-state index in [1.54, 1.807) is 4.57 Å². The third-order valence-electron chi connectivity index (χ3n) is 6.71. The highest BCUT2D eigenvalue weighted by atomic mass is 16.1. The summed E-state index contributed by atoms with van der Waals surface area (Å²) in [5, 5.41) is 14.4. The molecule has 10 nitrogen and oxygen atoms in total. The zero-order valence-electron chi connectivity index (χ0n) is 20.4. The van der Waals surface area contributed by atoms with Gasteiger partial charge >= 0.3 is 5.69 Å². The summed E-state index contributed by atoms with van der Waals surface area (Å²) in [4.78, 5) is 22.9. The molecule has 0 bridgehead atoms. The Morgan fingerprint density at radius 2 is 2.09 bits per heavy atom. The maximum atomic E-state index is 12.8. The second-order valence-electron chi connectivity index (χ2n) is 9.31. The van der Waals surface area contributed by atoms with E-state index in [-0.39, 0.29) is 17.7 Å². The van der Waals surface area contributed by atoms with E-state index in [0.717, 1.165) is 74.3 Å². The van der Waals surface area contributed by atoms with Crippen LogP contribution < -0.4 is 27.8 Å². The first-order chi connectivity index (χ1) is 16.9. The van der Waals surface area contributed by atoms with Crippen LogP contribution in [0.2, 0.25) is 0 Å². The molecule has 0 unspecified atom stereocenters. The molecule has 1 aliphatic rings. The van der Waals surface area contributed by atoms with Crippen LogP contribution in [0.1, 0.15) is 49.4 Å². The average Bonchev–Trinajstić information content (AvgIpc) is 3.48. The molecule has 35 heavy (non-hydrogen) atoms. The summed E-state index contributed by atoms with van der Waals surface area (Å²) in [6.07, 6.45) is 4.87. The molecule has 0 radical (unpaired) electrons. The van der Waals surface area contributed by atoms with Crippen LogP contribution in [0, 0.1) is 5.41 Å². The van der Waals surface area contributed by atoms with E-state index >= 15 is 0 Å². The van der Waals surface area contributed by atoms with Crippen molar-refractivity contribution in [3.63, 3.8) is 0 Å². The minimum atomic E-state index is -0.293. The molecular weight excluding hydrogens is 442 g/mol. The molecule has 10 heteroatoms. The summed E-state index contributed by atoms with van der Waals surface area (Å²) < 4.78 is 1.61. The van der Waals surface area contributed by atoms with Gasteiger partial charge in [0.1, 0.15) is 5.65 Å². The number of guanidine groups is 1. The van der Waals surface area contributed by atoms with Gasteiger partial charge in [0.05, 0.1) is 5.69 Å². The molecule has 1 aliphatic heterocycles. The smallest absolute Gasteiger partial charge is 0.354 e. The van der Waals surface area contributed by atoms with Gasteiger partial charge in [-0.2, -0.15) is 4.98 Å². The van der Waals surface area contributed by atoms with Crippen LogP contribution in [0.15, 0.2) is 41.3 Å². The van der Waals surface area contributed by atoms with Gasteiger partial charge in [0.2, 0.25) is 0 Å². The van der Waals surface area contributed by atoms with Gasteiger partial charge in [-0.3, -0.25) is 9.98 Å². The van der Waals surface area contributed by atoms with Crippen molar-refractivity contribution in [3.8, 4) is 5.69 Å². The molecule has 0 aliphatic carbocycles. The molecule has 2 aromatic heterocycles. The quantitative estimate of drug-likeness (QED) is 0.138. The van der Waals surface area contributed by atoms with Crippen molar-refractivity contribution in [2.75, 3.05) is 39.3 Å². The first kappa shape index (κ1) is 24.9. The van der Waals surface area contributed by atoms with Crippen molar-refractivity contribution in [2.45, 2.75) is 38.1 Å². The highest BCUT2D eigenvalue weighted by molar-refractivity contribution is 5.76. The lowest BCUT2D eigenvalue weighted by atomic mass is 10.1. The van der Waals surface area contributed by atoms with Crippen LogP contribution in [0.25, 0.3) is 16.7 Å². The third-order valence-corrected chi connectivity index (χ3v) is 6.71. The van der Waals surface area contributed by atoms with Crippen molar-refractivity contribution in [1.82, 2.24) is 30.1 Å². The highest BCUT2D eigenvalue weighted by Crippen LogP contribution is 2.28. The Balaban J connectivity index is 1.41. The average molecular weight is 480 g/mol. The molecular formula is C25H37N9O. The van der Waals surface area contributed by atoms with Gasteiger partial charge in [-0.25, -0.2) is 4.79 Å². The van der Waals surface area contributed by atoms with Crippen molar-refractivity contribution in [3.05, 3.63) is 58.3 Å². The lowest BCUT2D eigenvalue weighted by Gasteiger charge is -2.15. The number of likely N-dealkylation sites (tertiary alicyclic amines) is 1. The van der Waals surface area contributed by atoms with Gasteiger partial charge in [0.15, 0.2) is 5.96 Å². The number of nitrogens with one attached hydrogen (secondary N) is 4. The molecule has 1 aromatic carbocycles. The van der Waals surface area contributed by atoms with E-state index < -0.39 is 0 Å². The maximum absolute atomic E-state index is 12.8. The Kier molecular flexibility index (Phi) is 8.17. The molecule has 2 atom stereocenters. The monoisotopic (exact) mass is 479 g/mol. The summed E-state index contributed by atoms with van der Waals surface area (Å²) >= 11 is 0. The number of rotatable bonds is 11. The number of H-pyrrole nitrogens is 1. The van der Waals surface area contributed by atoms with Crippen LogP contribution >= 0.6 is 0 Å². The standard InChI is InChI=1S/C25H37N9O/c1-17(29-10-3-11-30-24(27)28)18-4-6-21(7-5-18)34-16-20-14-22(31-23(20)32-25(34)35)19-8-13-33(15-19)12-2-9-26/h4-7,14,16-17,19,29H,2-3,8-13,15,26H2,1H3,(H4,27,28,30)(H,31,32,35)/t17-,19+/m0/s1. The zero-order chi connectivity index (χ0) is 24.8. The third kappa shape index (κ3) is 6.27. The van der Waals surface area contributed by atoms with E-state index in [2.05, 4.69) is 38.5 Å². The van der Waals surface area contributed by atoms with Crippen LogP contribution in [-0.4, -0.2) is 64.7 Å². The summed E-state index contributed by atoms with van der Waals surface area (Å²) in [5.41, 5.74) is 14.4. The normalized spacial score (nSPS) is 17.1.